The monoisotopic (exact) mass is 212 g/mol. The molecular weight excluding hydrogens is 192 g/mol. The van der Waals surface area contributed by atoms with Gasteiger partial charge in [-0.15, -0.1) is 0 Å². The molecular formula is C11H20N2O2. The molecule has 0 aromatic carbocycles. The Balaban J connectivity index is 2.03. The molecule has 3 aliphatic rings. The Kier molecular flexibility index (Phi) is 2.23. The van der Waals surface area contributed by atoms with Crippen molar-refractivity contribution in [2.45, 2.75) is 44.8 Å². The fourth-order valence-corrected chi connectivity index (χ4v) is 2.68. The molecule has 0 aromatic rings. The summed E-state index contributed by atoms with van der Waals surface area (Å²) in [5, 5.41) is 0. The topological polar surface area (TPSA) is 55.6 Å². The molecule has 1 aliphatic carbocycles. The van der Waals surface area contributed by atoms with E-state index in [4.69, 9.17) is 10.5 Å². The van der Waals surface area contributed by atoms with Crippen molar-refractivity contribution in [2.24, 2.45) is 11.7 Å². The number of carbonyl (C=O) groups excluding carboxylic acids is 1. The SMILES string of the molecule is CC(C)(C)OC(=O)N1C[C@H]2C[C@]1(CN)C2. The summed E-state index contributed by atoms with van der Waals surface area (Å²) in [4.78, 5) is 13.7. The smallest absolute Gasteiger partial charge is 0.410 e. The molecule has 0 atom stereocenters. The lowest BCUT2D eigenvalue weighted by atomic mass is 9.73. The van der Waals surface area contributed by atoms with E-state index in [0.717, 1.165) is 19.4 Å². The maximum atomic E-state index is 11.9. The molecule has 2 N–H and O–H groups in total. The van der Waals surface area contributed by atoms with Crippen molar-refractivity contribution in [3.05, 3.63) is 0 Å². The van der Waals surface area contributed by atoms with Gasteiger partial charge in [0.1, 0.15) is 5.60 Å². The van der Waals surface area contributed by atoms with E-state index < -0.39 is 5.60 Å². The zero-order valence-electron chi connectivity index (χ0n) is 9.75. The van der Waals surface area contributed by atoms with E-state index in [9.17, 15) is 4.79 Å². The van der Waals surface area contributed by atoms with Crippen molar-refractivity contribution in [1.29, 1.82) is 0 Å². The summed E-state index contributed by atoms with van der Waals surface area (Å²) in [5.74, 6) is 0.654. The van der Waals surface area contributed by atoms with E-state index in [1.54, 1.807) is 0 Å². The maximum absolute atomic E-state index is 11.9. The Bertz CT molecular complexity index is 277. The van der Waals surface area contributed by atoms with Crippen LogP contribution in [0.2, 0.25) is 0 Å². The van der Waals surface area contributed by atoms with Gasteiger partial charge in [0, 0.05) is 13.1 Å². The Morgan fingerprint density at radius 2 is 2.13 bits per heavy atom. The predicted octanol–water partition coefficient (Wildman–Crippen LogP) is 1.34. The van der Waals surface area contributed by atoms with Gasteiger partial charge in [-0.2, -0.15) is 0 Å². The molecule has 0 radical (unpaired) electrons. The van der Waals surface area contributed by atoms with Gasteiger partial charge < -0.3 is 15.4 Å². The van der Waals surface area contributed by atoms with Gasteiger partial charge in [-0.3, -0.25) is 0 Å². The minimum Gasteiger partial charge on any atom is -0.444 e. The minimum atomic E-state index is -0.417. The highest BCUT2D eigenvalue weighted by atomic mass is 16.6. The summed E-state index contributed by atoms with van der Waals surface area (Å²) in [6, 6.07) is 0. The molecule has 1 saturated carbocycles. The van der Waals surface area contributed by atoms with E-state index in [0.29, 0.717) is 12.5 Å². The van der Waals surface area contributed by atoms with Gasteiger partial charge in [-0.1, -0.05) is 0 Å². The van der Waals surface area contributed by atoms with Crippen LogP contribution in [0, 0.1) is 5.92 Å². The number of hydrogen-bond donors (Lipinski definition) is 1. The van der Waals surface area contributed by atoms with Gasteiger partial charge >= 0.3 is 6.09 Å². The Labute approximate surface area is 90.8 Å². The third kappa shape index (κ3) is 1.71. The van der Waals surface area contributed by atoms with Gasteiger partial charge in [0.05, 0.1) is 5.54 Å². The molecule has 2 heterocycles. The first-order valence-corrected chi connectivity index (χ1v) is 5.57. The standard InChI is InChI=1S/C11H20N2O2/c1-10(2,3)15-9(14)13-6-8-4-11(13,5-8)7-12/h8H,4-7,12H2,1-3H3/t8-,11+. The number of hydrogen-bond acceptors (Lipinski definition) is 3. The van der Waals surface area contributed by atoms with Crippen molar-refractivity contribution < 1.29 is 9.53 Å². The number of nitrogens with two attached hydrogens (primary N) is 1. The molecule has 3 rings (SSSR count). The van der Waals surface area contributed by atoms with E-state index in [2.05, 4.69) is 0 Å². The lowest BCUT2D eigenvalue weighted by Crippen LogP contribution is -2.54. The second-order valence-electron chi connectivity index (χ2n) is 5.79. The Hall–Kier alpha value is -0.770. The lowest BCUT2D eigenvalue weighted by Gasteiger charge is -2.41. The zero-order chi connectivity index (χ0) is 11.3. The average Bonchev–Trinajstić information content (AvgIpc) is 2.52. The number of fused-ring (bicyclic) bond motifs is 1. The van der Waals surface area contributed by atoms with Crippen LogP contribution in [-0.2, 0) is 4.74 Å². The lowest BCUT2D eigenvalue weighted by molar-refractivity contribution is 0.00889. The number of carbonyl (C=O) groups is 1. The minimum absolute atomic E-state index is 0.0764. The van der Waals surface area contributed by atoms with Crippen molar-refractivity contribution in [3.63, 3.8) is 0 Å². The summed E-state index contributed by atoms with van der Waals surface area (Å²) in [6.07, 6.45) is 1.92. The molecule has 1 amide bonds. The molecule has 0 unspecified atom stereocenters. The summed E-state index contributed by atoms with van der Waals surface area (Å²) < 4.78 is 5.38. The normalized spacial score (nSPS) is 33.9. The molecule has 0 aromatic heterocycles. The first-order valence-electron chi connectivity index (χ1n) is 5.57. The highest BCUT2D eigenvalue weighted by Crippen LogP contribution is 2.50. The number of amides is 1. The van der Waals surface area contributed by atoms with Gasteiger partial charge in [0.2, 0.25) is 0 Å². The number of nitrogens with zero attached hydrogens (tertiary/aromatic N) is 1. The maximum Gasteiger partial charge on any atom is 0.410 e. The highest BCUT2D eigenvalue weighted by Gasteiger charge is 2.57. The number of ether oxygens (including phenoxy) is 1. The average molecular weight is 212 g/mol. The molecule has 0 spiro atoms. The van der Waals surface area contributed by atoms with Crippen LogP contribution >= 0.6 is 0 Å². The summed E-state index contributed by atoms with van der Waals surface area (Å²) in [5.41, 5.74) is 5.26. The van der Waals surface area contributed by atoms with Crippen LogP contribution in [0.15, 0.2) is 0 Å². The van der Waals surface area contributed by atoms with Gasteiger partial charge in [0.15, 0.2) is 0 Å². The van der Waals surface area contributed by atoms with Gasteiger partial charge in [0.25, 0.3) is 0 Å². The summed E-state index contributed by atoms with van der Waals surface area (Å²) >= 11 is 0. The van der Waals surface area contributed by atoms with Crippen LogP contribution < -0.4 is 5.73 Å². The molecule has 3 fully saturated rings. The Morgan fingerprint density at radius 1 is 1.53 bits per heavy atom. The van der Waals surface area contributed by atoms with Crippen molar-refractivity contribution in [1.82, 2.24) is 4.90 Å². The molecule has 2 saturated heterocycles. The van der Waals surface area contributed by atoms with Crippen molar-refractivity contribution >= 4 is 6.09 Å². The summed E-state index contributed by atoms with van der Waals surface area (Å²) in [6.45, 7) is 7.05. The fraction of sp³-hybridized carbons (Fsp3) is 0.909. The first kappa shape index (κ1) is 10.7. The van der Waals surface area contributed by atoms with E-state index in [1.165, 1.54) is 0 Å². The molecule has 86 valence electrons. The van der Waals surface area contributed by atoms with Crippen LogP contribution in [0.5, 0.6) is 0 Å². The number of rotatable bonds is 1. The van der Waals surface area contributed by atoms with E-state index >= 15 is 0 Å². The van der Waals surface area contributed by atoms with Crippen molar-refractivity contribution in [2.75, 3.05) is 13.1 Å². The van der Waals surface area contributed by atoms with Crippen LogP contribution in [-0.4, -0.2) is 35.2 Å². The molecule has 4 heteroatoms. The zero-order valence-corrected chi connectivity index (χ0v) is 9.75. The first-order chi connectivity index (χ1) is 6.86. The third-order valence-corrected chi connectivity index (χ3v) is 3.34. The van der Waals surface area contributed by atoms with Crippen LogP contribution in [0.25, 0.3) is 0 Å². The highest BCUT2D eigenvalue weighted by molar-refractivity contribution is 5.70. The summed E-state index contributed by atoms with van der Waals surface area (Å²) in [7, 11) is 0. The fourth-order valence-electron chi connectivity index (χ4n) is 2.68. The quantitative estimate of drug-likeness (QED) is 0.713. The predicted molar refractivity (Wildman–Crippen MR) is 57.4 cm³/mol. The third-order valence-electron chi connectivity index (χ3n) is 3.34. The molecule has 2 aliphatic heterocycles. The van der Waals surface area contributed by atoms with E-state index in [-0.39, 0.29) is 11.6 Å². The van der Waals surface area contributed by atoms with E-state index in [1.807, 2.05) is 25.7 Å². The van der Waals surface area contributed by atoms with Crippen molar-refractivity contribution in [3.8, 4) is 0 Å². The van der Waals surface area contributed by atoms with Gasteiger partial charge in [-0.05, 0) is 39.5 Å². The molecule has 2 bridgehead atoms. The van der Waals surface area contributed by atoms with Crippen LogP contribution in [0.1, 0.15) is 33.6 Å². The molecule has 15 heavy (non-hydrogen) atoms. The second-order valence-corrected chi connectivity index (χ2v) is 5.79. The largest absolute Gasteiger partial charge is 0.444 e. The second kappa shape index (κ2) is 3.11. The van der Waals surface area contributed by atoms with Crippen LogP contribution in [0.4, 0.5) is 4.79 Å². The van der Waals surface area contributed by atoms with Gasteiger partial charge in [-0.25, -0.2) is 4.79 Å². The molecule has 4 nitrogen and oxygen atoms in total. The Morgan fingerprint density at radius 3 is 2.60 bits per heavy atom. The van der Waals surface area contributed by atoms with Crippen LogP contribution in [0.3, 0.4) is 0 Å².